The fourth-order valence-corrected chi connectivity index (χ4v) is 4.48. The summed E-state index contributed by atoms with van der Waals surface area (Å²) in [7, 11) is 0. The smallest absolute Gasteiger partial charge is 0.0831 e. The molecule has 1 saturated carbocycles. The van der Waals surface area contributed by atoms with E-state index in [-0.39, 0.29) is 6.10 Å². The van der Waals surface area contributed by atoms with Crippen LogP contribution in [0.25, 0.3) is 0 Å². The van der Waals surface area contributed by atoms with E-state index >= 15 is 0 Å². The third-order valence-electron chi connectivity index (χ3n) is 4.06. The van der Waals surface area contributed by atoms with Gasteiger partial charge < -0.3 is 5.11 Å². The van der Waals surface area contributed by atoms with Crippen LogP contribution in [0.4, 0.5) is 0 Å². The first-order valence-corrected chi connectivity index (χ1v) is 7.24. The molecule has 1 aromatic rings. The molecule has 1 aromatic carbocycles. The van der Waals surface area contributed by atoms with Gasteiger partial charge in [0.05, 0.1) is 6.10 Å². The lowest BCUT2D eigenvalue weighted by molar-refractivity contribution is 0.0543. The molecule has 1 fully saturated rings. The number of aliphatic hydroxyl groups excluding tert-OH is 1. The Hall–Kier alpha value is -0.470. The summed E-state index contributed by atoms with van der Waals surface area (Å²) in [5.74, 6) is 2.42. The molecule has 0 spiro atoms. The van der Waals surface area contributed by atoms with Crippen LogP contribution in [0.5, 0.6) is 0 Å². The highest BCUT2D eigenvalue weighted by Crippen LogP contribution is 2.46. The standard InChI is InChI=1S/C14H18OS/c15-14-11-6-2-1-5-10(11)9-16-13-8-4-3-7-12(13)14/h3-4,7-8,10-11,14-15H,1-2,5-6,9H2/t10-,11-,14?/m0/s1. The number of benzene rings is 1. The number of fused-ring (bicyclic) bond motifs is 2. The summed E-state index contributed by atoms with van der Waals surface area (Å²) >= 11 is 1.94. The van der Waals surface area contributed by atoms with Crippen LogP contribution in [-0.4, -0.2) is 10.9 Å². The molecule has 16 heavy (non-hydrogen) atoms. The quantitative estimate of drug-likeness (QED) is 0.739. The van der Waals surface area contributed by atoms with E-state index in [9.17, 15) is 5.11 Å². The summed E-state index contributed by atoms with van der Waals surface area (Å²) in [6, 6.07) is 8.38. The minimum absolute atomic E-state index is 0.225. The van der Waals surface area contributed by atoms with Gasteiger partial charge >= 0.3 is 0 Å². The van der Waals surface area contributed by atoms with E-state index in [1.54, 1.807) is 0 Å². The highest BCUT2D eigenvalue weighted by atomic mass is 32.2. The van der Waals surface area contributed by atoms with Gasteiger partial charge in [0.2, 0.25) is 0 Å². The molecule has 1 nitrogen and oxygen atoms in total. The molecule has 0 radical (unpaired) electrons. The van der Waals surface area contributed by atoms with E-state index in [0.717, 1.165) is 5.92 Å². The van der Waals surface area contributed by atoms with Gasteiger partial charge in [-0.3, -0.25) is 0 Å². The molecule has 1 N–H and O–H groups in total. The average molecular weight is 234 g/mol. The van der Waals surface area contributed by atoms with Crippen LogP contribution in [0.3, 0.4) is 0 Å². The third kappa shape index (κ3) is 1.78. The molecular weight excluding hydrogens is 216 g/mol. The van der Waals surface area contributed by atoms with Gasteiger partial charge in [-0.15, -0.1) is 11.8 Å². The van der Waals surface area contributed by atoms with Crippen molar-refractivity contribution in [3.63, 3.8) is 0 Å². The molecule has 3 rings (SSSR count). The zero-order chi connectivity index (χ0) is 11.0. The molecule has 86 valence electrons. The minimum atomic E-state index is -0.225. The molecule has 1 aliphatic heterocycles. The van der Waals surface area contributed by atoms with Crippen molar-refractivity contribution in [2.75, 3.05) is 5.75 Å². The summed E-state index contributed by atoms with van der Waals surface area (Å²) in [5, 5.41) is 10.5. The molecule has 1 aliphatic carbocycles. The Bertz CT molecular complexity index is 377. The summed E-state index contributed by atoms with van der Waals surface area (Å²) in [4.78, 5) is 1.30. The van der Waals surface area contributed by atoms with Gasteiger partial charge in [0, 0.05) is 10.6 Å². The van der Waals surface area contributed by atoms with Gasteiger partial charge in [0.25, 0.3) is 0 Å². The van der Waals surface area contributed by atoms with Crippen molar-refractivity contribution in [1.29, 1.82) is 0 Å². The van der Waals surface area contributed by atoms with E-state index in [1.807, 2.05) is 17.8 Å². The van der Waals surface area contributed by atoms with Crippen molar-refractivity contribution in [2.45, 2.75) is 36.7 Å². The summed E-state index contributed by atoms with van der Waals surface area (Å²) in [5.41, 5.74) is 1.17. The van der Waals surface area contributed by atoms with Crippen LogP contribution in [0.15, 0.2) is 29.2 Å². The molecule has 2 aliphatic rings. The molecule has 0 saturated heterocycles. The molecular formula is C14H18OS. The first-order chi connectivity index (χ1) is 7.86. The Morgan fingerprint density at radius 3 is 2.88 bits per heavy atom. The topological polar surface area (TPSA) is 20.2 Å². The Balaban J connectivity index is 1.96. The molecule has 0 aromatic heterocycles. The van der Waals surface area contributed by atoms with Crippen LogP contribution in [0, 0.1) is 11.8 Å². The van der Waals surface area contributed by atoms with Crippen LogP contribution < -0.4 is 0 Å². The van der Waals surface area contributed by atoms with Crippen LogP contribution in [0.1, 0.15) is 37.4 Å². The lowest BCUT2D eigenvalue weighted by Gasteiger charge is -2.32. The molecule has 0 bridgehead atoms. The van der Waals surface area contributed by atoms with Crippen molar-refractivity contribution in [3.8, 4) is 0 Å². The van der Waals surface area contributed by atoms with Gasteiger partial charge in [0.15, 0.2) is 0 Å². The summed E-state index contributed by atoms with van der Waals surface area (Å²) < 4.78 is 0. The third-order valence-corrected chi connectivity index (χ3v) is 5.34. The Morgan fingerprint density at radius 1 is 1.12 bits per heavy atom. The van der Waals surface area contributed by atoms with E-state index in [0.29, 0.717) is 5.92 Å². The second kappa shape index (κ2) is 4.42. The lowest BCUT2D eigenvalue weighted by Crippen LogP contribution is -2.25. The SMILES string of the molecule is OC1c2ccccc2SC[C@@H]2CCCC[C@H]12. The van der Waals surface area contributed by atoms with Crippen LogP contribution in [0.2, 0.25) is 0 Å². The lowest BCUT2D eigenvalue weighted by atomic mass is 9.75. The van der Waals surface area contributed by atoms with Gasteiger partial charge in [-0.2, -0.15) is 0 Å². The average Bonchev–Trinajstić information content (AvgIpc) is 2.49. The first-order valence-electron chi connectivity index (χ1n) is 6.26. The highest BCUT2D eigenvalue weighted by molar-refractivity contribution is 7.99. The van der Waals surface area contributed by atoms with Crippen molar-refractivity contribution in [3.05, 3.63) is 29.8 Å². The molecule has 1 heterocycles. The molecule has 3 atom stereocenters. The van der Waals surface area contributed by atoms with Crippen LogP contribution in [-0.2, 0) is 0 Å². The maximum absolute atomic E-state index is 10.5. The van der Waals surface area contributed by atoms with Crippen molar-refractivity contribution in [1.82, 2.24) is 0 Å². The number of hydrogen-bond acceptors (Lipinski definition) is 2. The number of rotatable bonds is 0. The second-order valence-corrected chi connectivity index (χ2v) is 6.06. The largest absolute Gasteiger partial charge is 0.388 e. The highest BCUT2D eigenvalue weighted by Gasteiger charge is 2.34. The second-order valence-electron chi connectivity index (χ2n) is 5.00. The fourth-order valence-electron chi connectivity index (χ4n) is 3.14. The number of hydrogen-bond donors (Lipinski definition) is 1. The van der Waals surface area contributed by atoms with E-state index in [2.05, 4.69) is 18.2 Å². The van der Waals surface area contributed by atoms with E-state index in [4.69, 9.17) is 0 Å². The van der Waals surface area contributed by atoms with Crippen LogP contribution >= 0.6 is 11.8 Å². The van der Waals surface area contributed by atoms with E-state index < -0.39 is 0 Å². The zero-order valence-electron chi connectivity index (χ0n) is 9.43. The van der Waals surface area contributed by atoms with Gasteiger partial charge in [0.1, 0.15) is 0 Å². The van der Waals surface area contributed by atoms with Gasteiger partial charge in [-0.05, 0) is 36.3 Å². The van der Waals surface area contributed by atoms with Gasteiger partial charge in [-0.1, -0.05) is 31.0 Å². The molecule has 1 unspecified atom stereocenters. The summed E-state index contributed by atoms with van der Waals surface area (Å²) in [6.45, 7) is 0. The first kappa shape index (κ1) is 10.7. The summed E-state index contributed by atoms with van der Waals surface area (Å²) in [6.07, 6.45) is 4.94. The Morgan fingerprint density at radius 2 is 1.94 bits per heavy atom. The van der Waals surface area contributed by atoms with Gasteiger partial charge in [-0.25, -0.2) is 0 Å². The predicted octanol–water partition coefficient (Wildman–Crippen LogP) is 3.63. The monoisotopic (exact) mass is 234 g/mol. The minimum Gasteiger partial charge on any atom is -0.388 e. The Labute approximate surface area is 101 Å². The van der Waals surface area contributed by atoms with Crippen molar-refractivity contribution < 1.29 is 5.11 Å². The fraction of sp³-hybridized carbons (Fsp3) is 0.571. The number of aliphatic hydroxyl groups is 1. The maximum atomic E-state index is 10.5. The predicted molar refractivity (Wildman–Crippen MR) is 67.6 cm³/mol. The normalized spacial score (nSPS) is 33.7. The van der Waals surface area contributed by atoms with Crippen molar-refractivity contribution in [2.24, 2.45) is 11.8 Å². The van der Waals surface area contributed by atoms with Crippen molar-refractivity contribution >= 4 is 11.8 Å². The Kier molecular flexibility index (Phi) is 2.95. The van der Waals surface area contributed by atoms with E-state index in [1.165, 1.54) is 41.9 Å². The molecule has 0 amide bonds. The zero-order valence-corrected chi connectivity index (χ0v) is 10.2. The maximum Gasteiger partial charge on any atom is 0.0831 e. The molecule has 2 heteroatoms. The number of thioether (sulfide) groups is 1.